The van der Waals surface area contributed by atoms with E-state index < -0.39 is 5.60 Å². The van der Waals surface area contributed by atoms with Crippen molar-refractivity contribution in [3.63, 3.8) is 0 Å². The molecule has 1 aromatic rings. The molecule has 4 nitrogen and oxygen atoms in total. The van der Waals surface area contributed by atoms with Crippen LogP contribution in [0.4, 0.5) is 0 Å². The monoisotopic (exact) mass is 257 g/mol. The third-order valence-electron chi connectivity index (χ3n) is 2.44. The summed E-state index contributed by atoms with van der Waals surface area (Å²) in [6.45, 7) is 4.13. The zero-order chi connectivity index (χ0) is 13.1. The Bertz CT molecular complexity index is 418. The molecule has 0 saturated carbocycles. The molecule has 94 valence electrons. The molecule has 0 unspecified atom stereocenters. The minimum Gasteiger partial charge on any atom is -0.506 e. The Morgan fingerprint density at radius 2 is 2.18 bits per heavy atom. The Morgan fingerprint density at radius 1 is 1.53 bits per heavy atom. The number of amides is 1. The molecule has 1 rings (SSSR count). The number of carbonyl (C=O) groups is 1. The van der Waals surface area contributed by atoms with Gasteiger partial charge in [-0.15, -0.1) is 0 Å². The molecule has 0 fully saturated rings. The zero-order valence-electron chi connectivity index (χ0n) is 10.1. The smallest absolute Gasteiger partial charge is 0.251 e. The Morgan fingerprint density at radius 3 is 2.71 bits per heavy atom. The summed E-state index contributed by atoms with van der Waals surface area (Å²) in [5, 5.41) is 12.1. The Labute approximate surface area is 106 Å². The van der Waals surface area contributed by atoms with E-state index in [0.29, 0.717) is 12.1 Å². The highest BCUT2D eigenvalue weighted by Crippen LogP contribution is 2.23. The maximum Gasteiger partial charge on any atom is 0.251 e. The predicted molar refractivity (Wildman–Crippen MR) is 66.5 cm³/mol. The summed E-state index contributed by atoms with van der Waals surface area (Å²) in [7, 11) is 1.59. The first-order chi connectivity index (χ1) is 7.85. The van der Waals surface area contributed by atoms with E-state index in [4.69, 9.17) is 16.3 Å². The summed E-state index contributed by atoms with van der Waals surface area (Å²) in [4.78, 5) is 11.8. The van der Waals surface area contributed by atoms with Crippen LogP contribution in [0.15, 0.2) is 18.2 Å². The summed E-state index contributed by atoms with van der Waals surface area (Å²) < 4.78 is 5.19. The number of aromatic hydroxyl groups is 1. The topological polar surface area (TPSA) is 58.6 Å². The maximum atomic E-state index is 11.8. The fraction of sp³-hybridized carbons (Fsp3) is 0.417. The third kappa shape index (κ3) is 3.91. The van der Waals surface area contributed by atoms with Crippen molar-refractivity contribution in [3.8, 4) is 5.75 Å². The van der Waals surface area contributed by atoms with E-state index in [1.165, 1.54) is 18.2 Å². The highest BCUT2D eigenvalue weighted by Gasteiger charge is 2.18. The third-order valence-corrected chi connectivity index (χ3v) is 2.74. The first kappa shape index (κ1) is 13.8. The van der Waals surface area contributed by atoms with Gasteiger partial charge in [0.15, 0.2) is 0 Å². The summed E-state index contributed by atoms with van der Waals surface area (Å²) in [5.41, 5.74) is -0.0178. The number of hydrogen-bond donors (Lipinski definition) is 2. The summed E-state index contributed by atoms with van der Waals surface area (Å²) in [5.74, 6) is -0.294. The number of hydrogen-bond acceptors (Lipinski definition) is 3. The molecule has 0 aliphatic rings. The van der Waals surface area contributed by atoms with Gasteiger partial charge in [0.25, 0.3) is 5.91 Å². The zero-order valence-corrected chi connectivity index (χ0v) is 10.8. The number of ether oxygens (including phenoxy) is 1. The second kappa shape index (κ2) is 5.38. The minimum atomic E-state index is -0.420. The minimum absolute atomic E-state index is 0.0413. The van der Waals surface area contributed by atoms with Crippen molar-refractivity contribution in [2.24, 2.45) is 0 Å². The molecule has 0 radical (unpaired) electrons. The van der Waals surface area contributed by atoms with E-state index in [1.807, 2.05) is 13.8 Å². The van der Waals surface area contributed by atoms with Gasteiger partial charge in [-0.25, -0.2) is 0 Å². The van der Waals surface area contributed by atoms with E-state index in [1.54, 1.807) is 7.11 Å². The van der Waals surface area contributed by atoms with Gasteiger partial charge in [0.2, 0.25) is 0 Å². The first-order valence-corrected chi connectivity index (χ1v) is 5.55. The Hall–Kier alpha value is -1.26. The molecule has 0 spiro atoms. The number of phenolic OH excluding ortho intramolecular Hbond substituents is 1. The van der Waals surface area contributed by atoms with Crippen LogP contribution >= 0.6 is 11.6 Å². The van der Waals surface area contributed by atoms with Crippen LogP contribution in [-0.4, -0.2) is 30.3 Å². The predicted octanol–water partition coefficient (Wildman–Crippen LogP) is 2.20. The lowest BCUT2D eigenvalue weighted by molar-refractivity contribution is 0.0229. The average molecular weight is 258 g/mol. The van der Waals surface area contributed by atoms with Crippen molar-refractivity contribution in [2.75, 3.05) is 13.7 Å². The lowest BCUT2D eigenvalue weighted by atomic mass is 10.1. The van der Waals surface area contributed by atoms with Crippen LogP contribution in [-0.2, 0) is 4.74 Å². The van der Waals surface area contributed by atoms with E-state index in [-0.39, 0.29) is 16.7 Å². The van der Waals surface area contributed by atoms with Crippen molar-refractivity contribution in [2.45, 2.75) is 19.4 Å². The fourth-order valence-corrected chi connectivity index (χ4v) is 1.30. The molecule has 1 aromatic carbocycles. The van der Waals surface area contributed by atoms with Gasteiger partial charge >= 0.3 is 0 Å². The number of benzene rings is 1. The van der Waals surface area contributed by atoms with Crippen LogP contribution in [0.5, 0.6) is 5.75 Å². The number of carbonyl (C=O) groups excluding carboxylic acids is 1. The molecule has 1 amide bonds. The second-order valence-corrected chi connectivity index (χ2v) is 4.72. The number of halogens is 1. The van der Waals surface area contributed by atoms with Crippen molar-refractivity contribution in [3.05, 3.63) is 28.8 Å². The fourth-order valence-electron chi connectivity index (χ4n) is 1.12. The van der Waals surface area contributed by atoms with Crippen molar-refractivity contribution in [1.29, 1.82) is 0 Å². The number of phenols is 1. The molecule has 0 aromatic heterocycles. The van der Waals surface area contributed by atoms with Gasteiger partial charge in [-0.1, -0.05) is 11.6 Å². The number of methoxy groups -OCH3 is 1. The van der Waals surface area contributed by atoms with Gasteiger partial charge in [-0.05, 0) is 32.0 Å². The van der Waals surface area contributed by atoms with E-state index in [2.05, 4.69) is 5.32 Å². The molecule has 0 aliphatic carbocycles. The summed E-state index contributed by atoms with van der Waals surface area (Å²) in [6, 6.07) is 4.32. The molecular formula is C12H16ClNO3. The van der Waals surface area contributed by atoms with E-state index >= 15 is 0 Å². The van der Waals surface area contributed by atoms with Gasteiger partial charge < -0.3 is 15.2 Å². The van der Waals surface area contributed by atoms with Crippen LogP contribution in [0.1, 0.15) is 24.2 Å². The SMILES string of the molecule is COC(C)(C)CNC(=O)c1ccc(O)c(Cl)c1. The lowest BCUT2D eigenvalue weighted by Gasteiger charge is -2.23. The first-order valence-electron chi connectivity index (χ1n) is 5.17. The molecular weight excluding hydrogens is 242 g/mol. The molecule has 0 atom stereocenters. The summed E-state index contributed by atoms with van der Waals surface area (Å²) in [6.07, 6.45) is 0. The Kier molecular flexibility index (Phi) is 4.37. The highest BCUT2D eigenvalue weighted by atomic mass is 35.5. The van der Waals surface area contributed by atoms with Crippen LogP contribution in [0.3, 0.4) is 0 Å². The number of rotatable bonds is 4. The average Bonchev–Trinajstić information content (AvgIpc) is 2.30. The highest BCUT2D eigenvalue weighted by molar-refractivity contribution is 6.32. The quantitative estimate of drug-likeness (QED) is 0.869. The van der Waals surface area contributed by atoms with E-state index in [9.17, 15) is 9.90 Å². The largest absolute Gasteiger partial charge is 0.506 e. The van der Waals surface area contributed by atoms with Gasteiger partial charge in [0.05, 0.1) is 10.6 Å². The van der Waals surface area contributed by atoms with Gasteiger partial charge in [0.1, 0.15) is 5.75 Å². The molecule has 0 heterocycles. The molecule has 0 bridgehead atoms. The van der Waals surface area contributed by atoms with Crippen molar-refractivity contribution in [1.82, 2.24) is 5.32 Å². The van der Waals surface area contributed by atoms with Crippen molar-refractivity contribution < 1.29 is 14.6 Å². The van der Waals surface area contributed by atoms with E-state index in [0.717, 1.165) is 0 Å². The molecule has 0 saturated heterocycles. The van der Waals surface area contributed by atoms with Gasteiger partial charge in [0, 0.05) is 19.2 Å². The molecule has 0 aliphatic heterocycles. The molecule has 5 heteroatoms. The van der Waals surface area contributed by atoms with Gasteiger partial charge in [-0.3, -0.25) is 4.79 Å². The lowest BCUT2D eigenvalue weighted by Crippen LogP contribution is -2.39. The summed E-state index contributed by atoms with van der Waals surface area (Å²) >= 11 is 5.72. The maximum absolute atomic E-state index is 11.8. The van der Waals surface area contributed by atoms with Crippen molar-refractivity contribution >= 4 is 17.5 Å². The standard InChI is InChI=1S/C12H16ClNO3/c1-12(2,17-3)7-14-11(16)8-4-5-10(15)9(13)6-8/h4-6,15H,7H2,1-3H3,(H,14,16). The second-order valence-electron chi connectivity index (χ2n) is 4.31. The normalized spacial score (nSPS) is 11.3. The van der Waals surface area contributed by atoms with Crippen LogP contribution in [0.25, 0.3) is 0 Å². The van der Waals surface area contributed by atoms with Crippen LogP contribution in [0, 0.1) is 0 Å². The molecule has 17 heavy (non-hydrogen) atoms. The Balaban J connectivity index is 2.68. The molecule has 2 N–H and O–H groups in total. The number of nitrogens with one attached hydrogen (secondary N) is 1. The van der Waals surface area contributed by atoms with Gasteiger partial charge in [-0.2, -0.15) is 0 Å². The van der Waals surface area contributed by atoms with Crippen LogP contribution < -0.4 is 5.32 Å². The van der Waals surface area contributed by atoms with Crippen LogP contribution in [0.2, 0.25) is 5.02 Å².